The third-order valence-corrected chi connectivity index (χ3v) is 3.90. The minimum atomic E-state index is -0.610. The Morgan fingerprint density at radius 1 is 1.27 bits per heavy atom. The minimum absolute atomic E-state index is 0.108. The van der Waals surface area contributed by atoms with Gasteiger partial charge in [0.05, 0.1) is 14.1 Å². The van der Waals surface area contributed by atoms with Crippen LogP contribution in [0.1, 0.15) is 15.9 Å². The van der Waals surface area contributed by atoms with Crippen LogP contribution in [0.15, 0.2) is 42.5 Å². The molecule has 0 aliphatic carbocycles. The Labute approximate surface area is 144 Å². The second-order valence-electron chi connectivity index (χ2n) is 4.33. The quantitative estimate of drug-likeness (QED) is 0.256. The number of nitro groups is 1. The van der Waals surface area contributed by atoms with E-state index in [1.165, 1.54) is 12.1 Å². The van der Waals surface area contributed by atoms with Gasteiger partial charge in [-0.1, -0.05) is 29.8 Å². The molecule has 0 amide bonds. The van der Waals surface area contributed by atoms with Crippen LogP contribution in [0.5, 0.6) is 5.75 Å². The van der Waals surface area contributed by atoms with E-state index in [0.717, 1.165) is 11.6 Å². The summed E-state index contributed by atoms with van der Waals surface area (Å²) in [7, 11) is 0. The summed E-state index contributed by atoms with van der Waals surface area (Å²) in [6.07, 6.45) is 2.79. The summed E-state index contributed by atoms with van der Waals surface area (Å²) in [5.74, 6) is -0.786. The number of allylic oxidation sites excluding steroid dienone is 1. The Hall–Kier alpha value is -1.93. The van der Waals surface area contributed by atoms with Crippen molar-refractivity contribution in [2.45, 2.75) is 0 Å². The van der Waals surface area contributed by atoms with E-state index in [4.69, 9.17) is 11.6 Å². The fourth-order valence-corrected chi connectivity index (χ4v) is 2.45. The van der Waals surface area contributed by atoms with Crippen molar-refractivity contribution in [1.29, 1.82) is 0 Å². The van der Waals surface area contributed by atoms with Crippen LogP contribution in [0.25, 0.3) is 6.08 Å². The molecule has 0 unspecified atom stereocenters. The summed E-state index contributed by atoms with van der Waals surface area (Å²) in [5, 5.41) is 21.3. The number of nitro benzene ring substituents is 1. The predicted octanol–water partition coefficient (Wildman–Crippen LogP) is 4.45. The van der Waals surface area contributed by atoms with E-state index in [1.807, 2.05) is 0 Å². The molecule has 0 aliphatic rings. The number of aromatic hydroxyl groups is 1. The fraction of sp³-hybridized carbons (Fsp3) is 0. The third kappa shape index (κ3) is 3.83. The Balaban J connectivity index is 2.33. The number of ketones is 1. The molecule has 0 fully saturated rings. The predicted molar refractivity (Wildman–Crippen MR) is 92.3 cm³/mol. The molecule has 22 heavy (non-hydrogen) atoms. The van der Waals surface area contributed by atoms with Crippen LogP contribution in [0, 0.1) is 13.7 Å². The van der Waals surface area contributed by atoms with Gasteiger partial charge in [0.15, 0.2) is 5.78 Å². The van der Waals surface area contributed by atoms with Crippen LogP contribution in [-0.4, -0.2) is 15.8 Å². The molecule has 1 N–H and O–H groups in total. The van der Waals surface area contributed by atoms with Gasteiger partial charge in [-0.05, 0) is 46.4 Å². The van der Waals surface area contributed by atoms with E-state index in [1.54, 1.807) is 52.9 Å². The van der Waals surface area contributed by atoms with Gasteiger partial charge in [0.1, 0.15) is 5.75 Å². The van der Waals surface area contributed by atoms with Gasteiger partial charge in [0.25, 0.3) is 5.69 Å². The van der Waals surface area contributed by atoms with Gasteiger partial charge in [-0.2, -0.15) is 0 Å². The average Bonchev–Trinajstić information content (AvgIpc) is 2.48. The zero-order valence-electron chi connectivity index (χ0n) is 11.0. The zero-order chi connectivity index (χ0) is 16.3. The number of benzene rings is 2. The lowest BCUT2D eigenvalue weighted by molar-refractivity contribution is -0.385. The maximum atomic E-state index is 12.1. The van der Waals surface area contributed by atoms with Crippen molar-refractivity contribution in [3.8, 4) is 5.75 Å². The molecule has 0 heterocycles. The van der Waals surface area contributed by atoms with Crippen LogP contribution in [0.4, 0.5) is 5.69 Å². The molecule has 0 aromatic heterocycles. The van der Waals surface area contributed by atoms with E-state index in [9.17, 15) is 20.0 Å². The fourth-order valence-electron chi connectivity index (χ4n) is 1.71. The number of carbonyl (C=O) groups excluding carboxylic acids is 1. The topological polar surface area (TPSA) is 80.4 Å². The standard InChI is InChI=1S/C15H9ClINO4/c16-10-4-1-9(2-5-10)3-6-14(19)12-7-11(18(21)22)8-13(17)15(12)20/h1-8,20H/b6-3+. The molecular formula is C15H9ClINO4. The third-order valence-electron chi connectivity index (χ3n) is 2.82. The van der Waals surface area contributed by atoms with Crippen LogP contribution >= 0.6 is 34.2 Å². The second-order valence-corrected chi connectivity index (χ2v) is 5.93. The highest BCUT2D eigenvalue weighted by atomic mass is 127. The van der Waals surface area contributed by atoms with E-state index >= 15 is 0 Å². The van der Waals surface area contributed by atoms with Crippen molar-refractivity contribution in [3.05, 3.63) is 72.3 Å². The van der Waals surface area contributed by atoms with E-state index < -0.39 is 10.7 Å². The molecule has 2 rings (SSSR count). The molecule has 2 aromatic carbocycles. The molecule has 0 saturated heterocycles. The lowest BCUT2D eigenvalue weighted by Gasteiger charge is -2.03. The molecule has 0 atom stereocenters. The number of hydrogen-bond acceptors (Lipinski definition) is 4. The van der Waals surface area contributed by atoms with Crippen LogP contribution < -0.4 is 0 Å². The first kappa shape index (κ1) is 16.4. The monoisotopic (exact) mass is 429 g/mol. The Morgan fingerprint density at radius 3 is 2.50 bits per heavy atom. The Bertz CT molecular complexity index is 772. The number of phenols is 1. The normalized spacial score (nSPS) is 10.8. The minimum Gasteiger partial charge on any atom is -0.506 e. The molecule has 112 valence electrons. The molecule has 0 spiro atoms. The first-order chi connectivity index (χ1) is 10.4. The van der Waals surface area contributed by atoms with Gasteiger partial charge in [-0.25, -0.2) is 0 Å². The van der Waals surface area contributed by atoms with Gasteiger partial charge in [0.2, 0.25) is 0 Å². The summed E-state index contributed by atoms with van der Waals surface area (Å²) in [6, 6.07) is 9.08. The van der Waals surface area contributed by atoms with E-state index in [-0.39, 0.29) is 20.6 Å². The number of carbonyl (C=O) groups is 1. The highest BCUT2D eigenvalue weighted by Crippen LogP contribution is 2.30. The second kappa shape index (κ2) is 6.89. The smallest absolute Gasteiger partial charge is 0.271 e. The summed E-state index contributed by atoms with van der Waals surface area (Å²) < 4.78 is 0.245. The molecule has 2 aromatic rings. The number of halogens is 2. The van der Waals surface area contributed by atoms with Crippen molar-refractivity contribution in [2.75, 3.05) is 0 Å². The van der Waals surface area contributed by atoms with Crippen molar-refractivity contribution >= 4 is 51.7 Å². The number of non-ortho nitro benzene ring substituents is 1. The highest BCUT2D eigenvalue weighted by molar-refractivity contribution is 14.1. The van der Waals surface area contributed by atoms with Crippen molar-refractivity contribution in [3.63, 3.8) is 0 Å². The van der Waals surface area contributed by atoms with Gasteiger partial charge in [-0.3, -0.25) is 14.9 Å². The van der Waals surface area contributed by atoms with Crippen LogP contribution in [0.2, 0.25) is 5.02 Å². The zero-order valence-corrected chi connectivity index (χ0v) is 13.9. The summed E-state index contributed by atoms with van der Waals surface area (Å²) in [5.41, 5.74) is 0.395. The van der Waals surface area contributed by atoms with Crippen LogP contribution in [-0.2, 0) is 0 Å². The molecule has 0 radical (unpaired) electrons. The number of rotatable bonds is 4. The van der Waals surface area contributed by atoms with Gasteiger partial charge in [-0.15, -0.1) is 0 Å². The van der Waals surface area contributed by atoms with Gasteiger partial charge in [0, 0.05) is 17.2 Å². The molecular weight excluding hydrogens is 421 g/mol. The summed E-state index contributed by atoms with van der Waals surface area (Å²) in [4.78, 5) is 22.4. The molecule has 0 aliphatic heterocycles. The molecule has 0 bridgehead atoms. The van der Waals surface area contributed by atoms with Gasteiger partial charge >= 0.3 is 0 Å². The summed E-state index contributed by atoms with van der Waals surface area (Å²) in [6.45, 7) is 0. The van der Waals surface area contributed by atoms with Crippen molar-refractivity contribution < 1.29 is 14.8 Å². The Morgan fingerprint density at radius 2 is 1.91 bits per heavy atom. The largest absolute Gasteiger partial charge is 0.506 e. The Kier molecular flexibility index (Phi) is 5.15. The van der Waals surface area contributed by atoms with Crippen LogP contribution in [0.3, 0.4) is 0 Å². The number of nitrogens with zero attached hydrogens (tertiary/aromatic N) is 1. The van der Waals surface area contributed by atoms with Gasteiger partial charge < -0.3 is 5.11 Å². The first-order valence-electron chi connectivity index (χ1n) is 6.03. The number of phenolic OH excluding ortho intramolecular Hbond substituents is 1. The first-order valence-corrected chi connectivity index (χ1v) is 7.49. The van der Waals surface area contributed by atoms with Crippen molar-refractivity contribution in [2.24, 2.45) is 0 Å². The van der Waals surface area contributed by atoms with E-state index in [0.29, 0.717) is 5.02 Å². The molecule has 7 heteroatoms. The SMILES string of the molecule is O=C(/C=C/c1ccc(Cl)cc1)c1cc([N+](=O)[O-])cc(I)c1O. The highest BCUT2D eigenvalue weighted by Gasteiger charge is 2.18. The maximum absolute atomic E-state index is 12.1. The lowest BCUT2D eigenvalue weighted by atomic mass is 10.1. The molecule has 0 saturated carbocycles. The van der Waals surface area contributed by atoms with Crippen molar-refractivity contribution in [1.82, 2.24) is 0 Å². The lowest BCUT2D eigenvalue weighted by Crippen LogP contribution is -1.99. The van der Waals surface area contributed by atoms with E-state index in [2.05, 4.69) is 0 Å². The molecule has 5 nitrogen and oxygen atoms in total. The number of hydrogen-bond donors (Lipinski definition) is 1. The maximum Gasteiger partial charge on any atom is 0.271 e. The average molecular weight is 430 g/mol. The summed E-state index contributed by atoms with van der Waals surface area (Å²) >= 11 is 7.51.